The third kappa shape index (κ3) is 5.91. The van der Waals surface area contributed by atoms with Crippen molar-refractivity contribution < 1.29 is 9.72 Å². The highest BCUT2D eigenvalue weighted by molar-refractivity contribution is 5.91. The zero-order valence-electron chi connectivity index (χ0n) is 14.3. The number of para-hydroxylation sites is 2. The molecule has 0 heterocycles. The van der Waals surface area contributed by atoms with Crippen molar-refractivity contribution in [1.82, 2.24) is 0 Å². The molecular weight excluding hydrogens is 318 g/mol. The number of carbonyl (C=O) groups excluding carboxylic acids is 1. The van der Waals surface area contributed by atoms with Crippen LogP contribution in [-0.4, -0.2) is 17.4 Å². The molecule has 0 saturated heterocycles. The van der Waals surface area contributed by atoms with Gasteiger partial charge in [-0.05, 0) is 36.6 Å². The first-order valence-electron chi connectivity index (χ1n) is 8.46. The van der Waals surface area contributed by atoms with Crippen LogP contribution in [0.1, 0.15) is 31.7 Å². The van der Waals surface area contributed by atoms with E-state index in [1.807, 2.05) is 24.3 Å². The second-order valence-corrected chi connectivity index (χ2v) is 5.80. The van der Waals surface area contributed by atoms with Crippen LogP contribution >= 0.6 is 0 Å². The Labute approximate surface area is 147 Å². The first-order valence-corrected chi connectivity index (χ1v) is 8.46. The van der Waals surface area contributed by atoms with Crippen molar-refractivity contribution in [2.75, 3.05) is 17.2 Å². The van der Waals surface area contributed by atoms with Crippen molar-refractivity contribution in [2.24, 2.45) is 0 Å². The van der Waals surface area contributed by atoms with Gasteiger partial charge in [0, 0.05) is 24.7 Å². The lowest BCUT2D eigenvalue weighted by Gasteiger charge is -2.08. The average molecular weight is 341 g/mol. The maximum absolute atomic E-state index is 12.0. The Morgan fingerprint density at radius 3 is 2.52 bits per heavy atom. The van der Waals surface area contributed by atoms with Gasteiger partial charge in [-0.2, -0.15) is 0 Å². The lowest BCUT2D eigenvalue weighted by Crippen LogP contribution is -2.16. The summed E-state index contributed by atoms with van der Waals surface area (Å²) in [5.74, 6) is -0.132. The number of nitrogens with zero attached hydrogens (tertiary/aromatic N) is 1. The Morgan fingerprint density at radius 2 is 1.84 bits per heavy atom. The molecule has 0 fully saturated rings. The highest BCUT2D eigenvalue weighted by Crippen LogP contribution is 2.22. The van der Waals surface area contributed by atoms with Crippen molar-refractivity contribution in [1.29, 1.82) is 0 Å². The molecule has 2 N–H and O–H groups in total. The van der Waals surface area contributed by atoms with Gasteiger partial charge < -0.3 is 10.6 Å². The molecule has 2 rings (SSSR count). The Bertz CT molecular complexity index is 714. The summed E-state index contributed by atoms with van der Waals surface area (Å²) in [6.45, 7) is 2.48. The Kier molecular flexibility index (Phi) is 6.95. The maximum Gasteiger partial charge on any atom is 0.292 e. The van der Waals surface area contributed by atoms with E-state index < -0.39 is 4.92 Å². The molecule has 0 bridgehead atoms. The van der Waals surface area contributed by atoms with Gasteiger partial charge in [0.1, 0.15) is 5.69 Å². The molecule has 0 aliphatic carbocycles. The summed E-state index contributed by atoms with van der Waals surface area (Å²) in [7, 11) is 0. The number of anilines is 2. The van der Waals surface area contributed by atoms with Gasteiger partial charge in [-0.1, -0.05) is 37.6 Å². The molecule has 0 spiro atoms. The minimum atomic E-state index is -0.442. The summed E-state index contributed by atoms with van der Waals surface area (Å²) >= 11 is 0. The topological polar surface area (TPSA) is 84.3 Å². The largest absolute Gasteiger partial charge is 0.379 e. The van der Waals surface area contributed by atoms with Crippen LogP contribution in [0.5, 0.6) is 0 Å². The smallest absolute Gasteiger partial charge is 0.292 e. The first-order chi connectivity index (χ1) is 12.1. The van der Waals surface area contributed by atoms with E-state index in [1.54, 1.807) is 18.2 Å². The number of hydrogen-bond acceptors (Lipinski definition) is 4. The van der Waals surface area contributed by atoms with Gasteiger partial charge in [0.25, 0.3) is 5.69 Å². The molecule has 6 nitrogen and oxygen atoms in total. The van der Waals surface area contributed by atoms with Gasteiger partial charge >= 0.3 is 0 Å². The fourth-order valence-electron chi connectivity index (χ4n) is 2.45. The molecule has 0 radical (unpaired) electrons. The number of nitro groups is 1. The fourth-order valence-corrected chi connectivity index (χ4v) is 2.45. The van der Waals surface area contributed by atoms with E-state index >= 15 is 0 Å². The Balaban J connectivity index is 1.80. The van der Waals surface area contributed by atoms with Crippen molar-refractivity contribution >= 4 is 23.0 Å². The predicted molar refractivity (Wildman–Crippen MR) is 99.9 cm³/mol. The standard InChI is InChI=1S/C19H23N3O3/c1-2-3-6-15-9-11-16(12-10-15)21-19(23)13-14-20-17-7-4-5-8-18(17)22(24)25/h4-5,7-12,20H,2-3,6,13-14H2,1H3,(H,21,23). The first kappa shape index (κ1) is 18.4. The molecule has 0 aromatic heterocycles. The second kappa shape index (κ2) is 9.42. The van der Waals surface area contributed by atoms with Crippen molar-refractivity contribution in [3.63, 3.8) is 0 Å². The van der Waals surface area contributed by atoms with Crippen LogP contribution in [0, 0.1) is 10.1 Å². The van der Waals surface area contributed by atoms with E-state index in [-0.39, 0.29) is 18.0 Å². The number of hydrogen-bond donors (Lipinski definition) is 2. The molecule has 0 aliphatic heterocycles. The van der Waals surface area contributed by atoms with Crippen LogP contribution in [0.25, 0.3) is 0 Å². The van der Waals surface area contributed by atoms with Crippen molar-refractivity contribution in [3.8, 4) is 0 Å². The number of nitro benzene ring substituents is 1. The van der Waals surface area contributed by atoms with Crippen LogP contribution in [0.3, 0.4) is 0 Å². The summed E-state index contributed by atoms with van der Waals surface area (Å²) in [4.78, 5) is 22.5. The van der Waals surface area contributed by atoms with Crippen molar-refractivity contribution in [3.05, 3.63) is 64.2 Å². The van der Waals surface area contributed by atoms with Gasteiger partial charge in [-0.25, -0.2) is 0 Å². The summed E-state index contributed by atoms with van der Waals surface area (Å²) in [6, 6.07) is 14.2. The van der Waals surface area contributed by atoms with Crippen LogP contribution in [-0.2, 0) is 11.2 Å². The number of carbonyl (C=O) groups is 1. The molecule has 0 aliphatic rings. The fraction of sp³-hybridized carbons (Fsp3) is 0.316. The van der Waals surface area contributed by atoms with E-state index in [1.165, 1.54) is 11.6 Å². The summed E-state index contributed by atoms with van der Waals surface area (Å²) in [5.41, 5.74) is 2.44. The SMILES string of the molecule is CCCCc1ccc(NC(=O)CCNc2ccccc2[N+](=O)[O-])cc1. The average Bonchev–Trinajstić information content (AvgIpc) is 2.61. The van der Waals surface area contributed by atoms with Gasteiger partial charge in [-0.15, -0.1) is 0 Å². The molecule has 0 atom stereocenters. The van der Waals surface area contributed by atoms with E-state index in [0.717, 1.165) is 24.9 Å². The van der Waals surface area contributed by atoms with Gasteiger partial charge in [0.15, 0.2) is 0 Å². The number of benzene rings is 2. The number of rotatable bonds is 9. The molecule has 1 amide bonds. The van der Waals surface area contributed by atoms with Crippen LogP contribution in [0.4, 0.5) is 17.1 Å². The maximum atomic E-state index is 12.0. The third-order valence-corrected chi connectivity index (χ3v) is 3.82. The molecule has 2 aromatic carbocycles. The number of nitrogens with one attached hydrogen (secondary N) is 2. The van der Waals surface area contributed by atoms with Gasteiger partial charge in [0.2, 0.25) is 5.91 Å². The molecule has 25 heavy (non-hydrogen) atoms. The van der Waals surface area contributed by atoms with Crippen LogP contribution in [0.15, 0.2) is 48.5 Å². The minimum absolute atomic E-state index is 0.00516. The summed E-state index contributed by atoms with van der Waals surface area (Å²) in [5, 5.41) is 16.7. The minimum Gasteiger partial charge on any atom is -0.379 e. The second-order valence-electron chi connectivity index (χ2n) is 5.80. The Morgan fingerprint density at radius 1 is 1.12 bits per heavy atom. The lowest BCUT2D eigenvalue weighted by atomic mass is 10.1. The highest BCUT2D eigenvalue weighted by atomic mass is 16.6. The zero-order chi connectivity index (χ0) is 18.1. The highest BCUT2D eigenvalue weighted by Gasteiger charge is 2.12. The normalized spacial score (nSPS) is 10.3. The zero-order valence-corrected chi connectivity index (χ0v) is 14.3. The van der Waals surface area contributed by atoms with Crippen molar-refractivity contribution in [2.45, 2.75) is 32.6 Å². The van der Waals surface area contributed by atoms with E-state index in [2.05, 4.69) is 17.6 Å². The molecule has 2 aromatic rings. The number of aryl methyl sites for hydroxylation is 1. The van der Waals surface area contributed by atoms with Crippen LogP contribution in [0.2, 0.25) is 0 Å². The van der Waals surface area contributed by atoms with Gasteiger partial charge in [-0.3, -0.25) is 14.9 Å². The van der Waals surface area contributed by atoms with Gasteiger partial charge in [0.05, 0.1) is 4.92 Å². The number of amides is 1. The lowest BCUT2D eigenvalue weighted by molar-refractivity contribution is -0.384. The Hall–Kier alpha value is -2.89. The molecule has 0 saturated carbocycles. The molecule has 132 valence electrons. The predicted octanol–water partition coefficient (Wildman–Crippen LogP) is 4.38. The molecule has 6 heteroatoms. The quantitative estimate of drug-likeness (QED) is 0.524. The van der Waals surface area contributed by atoms with E-state index in [9.17, 15) is 14.9 Å². The molecule has 0 unspecified atom stereocenters. The van der Waals surface area contributed by atoms with E-state index in [4.69, 9.17) is 0 Å². The number of unbranched alkanes of at least 4 members (excludes halogenated alkanes) is 1. The summed E-state index contributed by atoms with van der Waals surface area (Å²) in [6.07, 6.45) is 3.59. The summed E-state index contributed by atoms with van der Waals surface area (Å²) < 4.78 is 0. The third-order valence-electron chi connectivity index (χ3n) is 3.82. The van der Waals surface area contributed by atoms with E-state index in [0.29, 0.717) is 12.2 Å². The molecular formula is C19H23N3O3. The van der Waals surface area contributed by atoms with Crippen LogP contribution < -0.4 is 10.6 Å². The monoisotopic (exact) mass is 341 g/mol.